The molecule has 1 aliphatic rings. The molecule has 1 aromatic heterocycles. The van der Waals surface area contributed by atoms with Gasteiger partial charge in [0.05, 0.1) is 41.0 Å². The van der Waals surface area contributed by atoms with Gasteiger partial charge in [0.1, 0.15) is 11.9 Å². The molecular weight excluding hydrogens is 532 g/mol. The number of aliphatic hydroxyl groups is 2. The maximum absolute atomic E-state index is 13.3. The number of hydrazone groups is 1. The monoisotopic (exact) mass is 576 g/mol. The number of ether oxygens (including phenoxy) is 1. The minimum absolute atomic E-state index is 0.175. The zero-order valence-electron chi connectivity index (χ0n) is 24.6. The number of ketones is 1. The zero-order valence-corrected chi connectivity index (χ0v) is 25.4. The lowest BCUT2D eigenvalue weighted by Gasteiger charge is -2.34. The summed E-state index contributed by atoms with van der Waals surface area (Å²) in [6, 6.07) is -0.453. The molecule has 0 fully saturated rings. The number of nitrogens with one attached hydrogen (secondary N) is 2. The molecule has 0 spiro atoms. The molecule has 1 aromatic rings. The van der Waals surface area contributed by atoms with Crippen molar-refractivity contribution in [1.29, 1.82) is 0 Å². The van der Waals surface area contributed by atoms with E-state index < -0.39 is 41.6 Å². The van der Waals surface area contributed by atoms with Crippen LogP contribution in [0.3, 0.4) is 0 Å². The smallest absolute Gasteiger partial charge is 0.334 e. The fourth-order valence-corrected chi connectivity index (χ4v) is 5.19. The van der Waals surface area contributed by atoms with Crippen molar-refractivity contribution in [2.75, 3.05) is 7.05 Å². The Labute approximate surface area is 241 Å². The lowest BCUT2D eigenvalue weighted by atomic mass is 9.73. The lowest BCUT2D eigenvalue weighted by Crippen LogP contribution is -2.45. The van der Waals surface area contributed by atoms with Gasteiger partial charge in [-0.05, 0) is 56.3 Å². The van der Waals surface area contributed by atoms with Crippen molar-refractivity contribution in [3.63, 3.8) is 0 Å². The minimum atomic E-state index is -1.29. The van der Waals surface area contributed by atoms with Gasteiger partial charge in [-0.1, -0.05) is 33.8 Å². The van der Waals surface area contributed by atoms with Crippen LogP contribution in [-0.2, 0) is 14.3 Å². The molecule has 2 heterocycles. The fraction of sp³-hybridized carbons (Fsp3) is 0.621. The average Bonchev–Trinajstić information content (AvgIpc) is 3.32. The summed E-state index contributed by atoms with van der Waals surface area (Å²) in [5.41, 5.74) is 3.47. The third-order valence-corrected chi connectivity index (χ3v) is 8.27. The Morgan fingerprint density at radius 1 is 1.27 bits per heavy atom. The van der Waals surface area contributed by atoms with Crippen LogP contribution >= 0.6 is 11.3 Å². The molecule has 40 heavy (non-hydrogen) atoms. The van der Waals surface area contributed by atoms with Crippen LogP contribution in [0.25, 0.3) is 6.08 Å². The Balaban J connectivity index is 2.44. The molecular formula is C29H44N4O6S. The second kappa shape index (κ2) is 15.2. The number of aryl methyl sites for hydroxylation is 1. The van der Waals surface area contributed by atoms with E-state index >= 15 is 0 Å². The highest BCUT2D eigenvalue weighted by Gasteiger charge is 2.42. The number of allylic oxidation sites excluding steroid dienone is 1. The number of esters is 1. The van der Waals surface area contributed by atoms with Gasteiger partial charge in [-0.2, -0.15) is 5.10 Å². The summed E-state index contributed by atoms with van der Waals surface area (Å²) in [6.07, 6.45) is 4.39. The summed E-state index contributed by atoms with van der Waals surface area (Å²) < 4.78 is 5.84. The van der Waals surface area contributed by atoms with Crippen molar-refractivity contribution in [2.24, 2.45) is 22.4 Å². The average molecular weight is 577 g/mol. The predicted molar refractivity (Wildman–Crippen MR) is 157 cm³/mol. The minimum Gasteiger partial charge on any atom is -0.457 e. The van der Waals surface area contributed by atoms with Crippen molar-refractivity contribution in [3.8, 4) is 0 Å². The van der Waals surface area contributed by atoms with E-state index in [1.54, 1.807) is 27.0 Å². The Morgan fingerprint density at radius 2 is 1.98 bits per heavy atom. The number of carbonyl (C=O) groups excluding carboxylic acids is 3. The van der Waals surface area contributed by atoms with Gasteiger partial charge in [-0.15, -0.1) is 11.3 Å². The van der Waals surface area contributed by atoms with Crippen LogP contribution < -0.4 is 10.7 Å². The van der Waals surface area contributed by atoms with Gasteiger partial charge in [-0.25, -0.2) is 15.2 Å². The summed E-state index contributed by atoms with van der Waals surface area (Å²) >= 11 is 1.52. The van der Waals surface area contributed by atoms with Crippen LogP contribution in [-0.4, -0.2) is 64.6 Å². The number of rotatable bonds is 4. The molecule has 0 aliphatic carbocycles. The quantitative estimate of drug-likeness (QED) is 0.239. The molecule has 11 heteroatoms. The van der Waals surface area contributed by atoms with Crippen molar-refractivity contribution in [3.05, 3.63) is 33.3 Å². The number of carbonyl (C=O) groups is 3. The SMILES string of the molecule is CNC(=O)N/N=C/C1=C/C[C@@H](/C(C)=C/c2csc(C)n2)OC(=O)C[C@H](O)C(C)(C)C(=O)[C@H](C)[C@@H](O)[C@@H](C)CCC1. The van der Waals surface area contributed by atoms with Crippen molar-refractivity contribution in [2.45, 2.75) is 92.0 Å². The number of hydrogen-bond donors (Lipinski definition) is 4. The number of hydrogen-bond acceptors (Lipinski definition) is 9. The van der Waals surface area contributed by atoms with Gasteiger partial charge >= 0.3 is 12.0 Å². The van der Waals surface area contributed by atoms with E-state index in [9.17, 15) is 24.6 Å². The van der Waals surface area contributed by atoms with Gasteiger partial charge < -0.3 is 20.3 Å². The van der Waals surface area contributed by atoms with E-state index in [2.05, 4.69) is 20.8 Å². The molecule has 0 unspecified atom stereocenters. The molecule has 2 rings (SSSR count). The fourth-order valence-electron chi connectivity index (χ4n) is 4.62. The number of aliphatic hydroxyl groups excluding tert-OH is 2. The highest BCUT2D eigenvalue weighted by atomic mass is 32.1. The first-order valence-corrected chi connectivity index (χ1v) is 14.5. The number of aromatic nitrogens is 1. The molecule has 222 valence electrons. The topological polar surface area (TPSA) is 150 Å². The second-order valence-corrected chi connectivity index (χ2v) is 12.1. The molecule has 4 N–H and O–H groups in total. The number of cyclic esters (lactones) is 1. The number of thiazole rings is 1. The van der Waals surface area contributed by atoms with Crippen LogP contribution in [0, 0.1) is 24.2 Å². The summed E-state index contributed by atoms with van der Waals surface area (Å²) in [5, 5.41) is 31.1. The van der Waals surface area contributed by atoms with Gasteiger partial charge in [0.25, 0.3) is 0 Å². The van der Waals surface area contributed by atoms with E-state index in [0.717, 1.165) is 21.8 Å². The standard InChI is InChI=1S/C29H44N4O6S/c1-17-9-8-10-21(15-31-33-28(38)30-7)11-12-23(18(2)13-22-16-40-20(4)32-22)39-25(35)14-24(34)29(5,6)27(37)19(3)26(17)36/h11,13,15-17,19,23-24,26,34,36H,8-10,12,14H2,1-7H3,(H2,30,33,38)/b18-13+,21-11+,31-15+/t17-,19+,23-,24-,26-/m0/s1. The summed E-state index contributed by atoms with van der Waals surface area (Å²) in [6.45, 7) is 10.5. The molecule has 2 amide bonds. The maximum Gasteiger partial charge on any atom is 0.334 e. The van der Waals surface area contributed by atoms with E-state index in [4.69, 9.17) is 4.74 Å². The van der Waals surface area contributed by atoms with Crippen LogP contribution in [0.1, 0.15) is 77.4 Å². The van der Waals surface area contributed by atoms with Gasteiger partial charge in [0.2, 0.25) is 0 Å². The van der Waals surface area contributed by atoms with Crippen LogP contribution in [0.4, 0.5) is 4.79 Å². The number of amides is 2. The zero-order chi connectivity index (χ0) is 30.0. The van der Waals surface area contributed by atoms with E-state index in [1.165, 1.54) is 18.4 Å². The largest absolute Gasteiger partial charge is 0.457 e. The molecule has 0 bridgehead atoms. The first-order valence-electron chi connectivity index (χ1n) is 13.7. The third-order valence-electron chi connectivity index (χ3n) is 7.47. The van der Waals surface area contributed by atoms with E-state index in [0.29, 0.717) is 25.7 Å². The Bertz CT molecular complexity index is 1130. The highest BCUT2D eigenvalue weighted by molar-refractivity contribution is 7.09. The Morgan fingerprint density at radius 3 is 2.60 bits per heavy atom. The maximum atomic E-state index is 13.3. The molecule has 0 saturated heterocycles. The number of Topliss-reactive ketones (excluding diaryl/α,β-unsaturated/α-hetero) is 1. The highest BCUT2D eigenvalue weighted by Crippen LogP contribution is 2.32. The second-order valence-electron chi connectivity index (χ2n) is 11.1. The number of nitrogens with zero attached hydrogens (tertiary/aromatic N) is 2. The normalized spacial score (nSPS) is 29.0. The van der Waals surface area contributed by atoms with E-state index in [-0.39, 0.29) is 18.1 Å². The summed E-state index contributed by atoms with van der Waals surface area (Å²) in [5.74, 6) is -1.85. The molecule has 10 nitrogen and oxygen atoms in total. The first-order chi connectivity index (χ1) is 18.8. The Hall–Kier alpha value is -2.89. The van der Waals surface area contributed by atoms with E-state index in [1.807, 2.05) is 38.3 Å². The molecule has 1 aliphatic heterocycles. The first kappa shape index (κ1) is 33.3. The van der Waals surface area contributed by atoms with Crippen LogP contribution in [0.15, 0.2) is 27.7 Å². The van der Waals surface area contributed by atoms with Crippen LogP contribution in [0.2, 0.25) is 0 Å². The van der Waals surface area contributed by atoms with Gasteiger partial charge in [0, 0.05) is 24.8 Å². The molecule has 0 saturated carbocycles. The van der Waals surface area contributed by atoms with Gasteiger partial charge in [0.15, 0.2) is 0 Å². The third kappa shape index (κ3) is 9.64. The lowest BCUT2D eigenvalue weighted by molar-refractivity contribution is -0.154. The van der Waals surface area contributed by atoms with Crippen LogP contribution in [0.5, 0.6) is 0 Å². The molecule has 5 atom stereocenters. The van der Waals surface area contributed by atoms with Gasteiger partial charge in [-0.3, -0.25) is 9.59 Å². The Kier molecular flexibility index (Phi) is 12.7. The molecule has 0 radical (unpaired) electrons. The summed E-state index contributed by atoms with van der Waals surface area (Å²) in [4.78, 5) is 42.4. The van der Waals surface area contributed by atoms with Crippen molar-refractivity contribution in [1.82, 2.24) is 15.7 Å². The van der Waals surface area contributed by atoms with Crippen molar-refractivity contribution < 1.29 is 29.3 Å². The molecule has 0 aromatic carbocycles. The number of urea groups is 1. The predicted octanol–water partition coefficient (Wildman–Crippen LogP) is 4.16. The van der Waals surface area contributed by atoms with Crippen molar-refractivity contribution >= 4 is 41.4 Å². The summed E-state index contributed by atoms with van der Waals surface area (Å²) in [7, 11) is 1.49.